The van der Waals surface area contributed by atoms with E-state index in [1.165, 1.54) is 11.3 Å². The second kappa shape index (κ2) is 2.18. The summed E-state index contributed by atoms with van der Waals surface area (Å²) in [5.41, 5.74) is 0.583. The van der Waals surface area contributed by atoms with Gasteiger partial charge >= 0.3 is 0 Å². The van der Waals surface area contributed by atoms with Gasteiger partial charge in [0, 0.05) is 18.0 Å². The SMILES string of the molecule is [B]c1csc(NC)n1. The molecular formula is C4H5BN2S. The molecule has 1 aromatic rings. The molecule has 0 fully saturated rings. The van der Waals surface area contributed by atoms with Crippen LogP contribution in [0.2, 0.25) is 0 Å². The molecule has 0 unspecified atom stereocenters. The Bertz CT molecular complexity index is 174. The van der Waals surface area contributed by atoms with E-state index in [0.717, 1.165) is 5.13 Å². The second-order valence-corrected chi connectivity index (χ2v) is 2.19. The molecular weight excluding hydrogens is 119 g/mol. The molecule has 0 aliphatic heterocycles. The molecule has 0 aliphatic carbocycles. The normalized spacial score (nSPS) is 9.12. The molecule has 0 amide bonds. The molecule has 0 bridgehead atoms. The van der Waals surface area contributed by atoms with Crippen molar-refractivity contribution in [2.45, 2.75) is 0 Å². The minimum absolute atomic E-state index is 0.583. The lowest BCUT2D eigenvalue weighted by Gasteiger charge is -1.85. The number of hydrogen-bond acceptors (Lipinski definition) is 3. The summed E-state index contributed by atoms with van der Waals surface area (Å²) in [6, 6.07) is 0. The van der Waals surface area contributed by atoms with Gasteiger partial charge in [-0.3, -0.25) is 0 Å². The minimum atomic E-state index is 0.583. The van der Waals surface area contributed by atoms with Gasteiger partial charge in [-0.25, -0.2) is 4.98 Å². The Morgan fingerprint density at radius 2 is 2.62 bits per heavy atom. The Kier molecular flexibility index (Phi) is 1.53. The number of hydrogen-bond donors (Lipinski definition) is 1. The monoisotopic (exact) mass is 124 g/mol. The first kappa shape index (κ1) is 5.63. The van der Waals surface area contributed by atoms with Crippen LogP contribution >= 0.6 is 11.3 Å². The first-order valence-electron chi connectivity index (χ1n) is 2.21. The van der Waals surface area contributed by atoms with E-state index in [9.17, 15) is 0 Å². The van der Waals surface area contributed by atoms with Crippen LogP contribution in [0.1, 0.15) is 0 Å². The first-order chi connectivity index (χ1) is 3.83. The Morgan fingerprint density at radius 3 is 2.88 bits per heavy atom. The van der Waals surface area contributed by atoms with E-state index in [1.54, 1.807) is 5.38 Å². The smallest absolute Gasteiger partial charge is 0.181 e. The summed E-state index contributed by atoms with van der Waals surface area (Å²) >= 11 is 1.50. The molecule has 2 radical (unpaired) electrons. The Morgan fingerprint density at radius 1 is 1.88 bits per heavy atom. The van der Waals surface area contributed by atoms with E-state index in [0.29, 0.717) is 5.59 Å². The first-order valence-corrected chi connectivity index (χ1v) is 3.09. The van der Waals surface area contributed by atoms with Crippen LogP contribution in [0.25, 0.3) is 0 Å². The van der Waals surface area contributed by atoms with Crippen molar-refractivity contribution >= 4 is 29.9 Å². The highest BCUT2D eigenvalue weighted by Crippen LogP contribution is 2.05. The molecule has 1 rings (SSSR count). The zero-order valence-electron chi connectivity index (χ0n) is 4.51. The largest absolute Gasteiger partial charge is 0.365 e. The van der Waals surface area contributed by atoms with Crippen LogP contribution in [-0.2, 0) is 0 Å². The third kappa shape index (κ3) is 1.01. The molecule has 2 nitrogen and oxygen atoms in total. The van der Waals surface area contributed by atoms with Gasteiger partial charge in [0.15, 0.2) is 5.13 Å². The molecule has 4 heteroatoms. The Labute approximate surface area is 53.4 Å². The molecule has 0 atom stereocenters. The summed E-state index contributed by atoms with van der Waals surface area (Å²) in [7, 11) is 7.13. The molecule has 0 saturated carbocycles. The van der Waals surface area contributed by atoms with Crippen molar-refractivity contribution in [1.82, 2.24) is 4.98 Å². The maximum Gasteiger partial charge on any atom is 0.181 e. The number of nitrogens with one attached hydrogen (secondary N) is 1. The van der Waals surface area contributed by atoms with Crippen molar-refractivity contribution in [2.24, 2.45) is 0 Å². The van der Waals surface area contributed by atoms with E-state index in [1.807, 2.05) is 7.05 Å². The van der Waals surface area contributed by atoms with Gasteiger partial charge in [0.2, 0.25) is 0 Å². The summed E-state index contributed by atoms with van der Waals surface area (Å²) in [6.07, 6.45) is 0. The molecule has 1 heterocycles. The molecule has 0 saturated heterocycles. The number of rotatable bonds is 1. The van der Waals surface area contributed by atoms with Crippen LogP contribution in [0.3, 0.4) is 0 Å². The highest BCUT2D eigenvalue weighted by atomic mass is 32.1. The fourth-order valence-electron chi connectivity index (χ4n) is 0.401. The standard InChI is InChI=1S/C4H5BN2S/c1-6-4-7-3(5)2-8-4/h2H,1H3,(H,6,7). The van der Waals surface area contributed by atoms with Crippen molar-refractivity contribution in [3.05, 3.63) is 5.38 Å². The van der Waals surface area contributed by atoms with Crippen molar-refractivity contribution in [3.8, 4) is 0 Å². The molecule has 1 aromatic heterocycles. The molecule has 8 heavy (non-hydrogen) atoms. The second-order valence-electron chi connectivity index (χ2n) is 1.33. The summed E-state index contributed by atoms with van der Waals surface area (Å²) < 4.78 is 0. The number of anilines is 1. The van der Waals surface area contributed by atoms with Gasteiger partial charge in [-0.1, -0.05) is 0 Å². The van der Waals surface area contributed by atoms with Crippen LogP contribution in [0.4, 0.5) is 5.13 Å². The zero-order valence-corrected chi connectivity index (χ0v) is 5.33. The van der Waals surface area contributed by atoms with E-state index in [-0.39, 0.29) is 0 Å². The highest BCUT2D eigenvalue weighted by Gasteiger charge is 1.90. The van der Waals surface area contributed by atoms with Crippen LogP contribution in [-0.4, -0.2) is 19.9 Å². The Balaban J connectivity index is 2.84. The fraction of sp³-hybridized carbons (Fsp3) is 0.250. The van der Waals surface area contributed by atoms with Crippen LogP contribution in [0.15, 0.2) is 5.38 Å². The Hall–Kier alpha value is -0.505. The predicted octanol–water partition coefficient (Wildman–Crippen LogP) is -0.0214. The average Bonchev–Trinajstić information content (AvgIpc) is 2.14. The summed E-state index contributed by atoms with van der Waals surface area (Å²) in [5.74, 6) is 0. The quantitative estimate of drug-likeness (QED) is 0.532. The van der Waals surface area contributed by atoms with Crippen molar-refractivity contribution in [1.29, 1.82) is 0 Å². The van der Waals surface area contributed by atoms with E-state index in [2.05, 4.69) is 10.3 Å². The lowest BCUT2D eigenvalue weighted by atomic mass is 10.1. The third-order valence-electron chi connectivity index (χ3n) is 0.736. The molecule has 0 spiro atoms. The molecule has 1 N–H and O–H groups in total. The van der Waals surface area contributed by atoms with E-state index in [4.69, 9.17) is 7.85 Å². The van der Waals surface area contributed by atoms with E-state index >= 15 is 0 Å². The van der Waals surface area contributed by atoms with Gasteiger partial charge in [-0.2, -0.15) is 0 Å². The summed E-state index contributed by atoms with van der Waals surface area (Å²) in [4.78, 5) is 3.91. The summed E-state index contributed by atoms with van der Waals surface area (Å²) in [6.45, 7) is 0. The van der Waals surface area contributed by atoms with Crippen LogP contribution in [0, 0.1) is 0 Å². The van der Waals surface area contributed by atoms with Gasteiger partial charge in [0.1, 0.15) is 7.85 Å². The number of aromatic nitrogens is 1. The summed E-state index contributed by atoms with van der Waals surface area (Å²) in [5, 5.41) is 5.54. The number of thiazole rings is 1. The van der Waals surface area contributed by atoms with Gasteiger partial charge < -0.3 is 5.32 Å². The maximum atomic E-state index is 5.31. The van der Waals surface area contributed by atoms with E-state index < -0.39 is 0 Å². The lowest BCUT2D eigenvalue weighted by Crippen LogP contribution is -2.01. The molecule has 0 aromatic carbocycles. The minimum Gasteiger partial charge on any atom is -0.365 e. The predicted molar refractivity (Wildman–Crippen MR) is 37.0 cm³/mol. The zero-order chi connectivity index (χ0) is 5.98. The van der Waals surface area contributed by atoms with Crippen LogP contribution in [0.5, 0.6) is 0 Å². The fourth-order valence-corrected chi connectivity index (χ4v) is 0.962. The van der Waals surface area contributed by atoms with Crippen LogP contribution < -0.4 is 10.9 Å². The third-order valence-corrected chi connectivity index (χ3v) is 1.61. The van der Waals surface area contributed by atoms with Gasteiger partial charge in [-0.15, -0.1) is 11.3 Å². The number of nitrogens with zero attached hydrogens (tertiary/aromatic N) is 1. The average molecular weight is 124 g/mol. The van der Waals surface area contributed by atoms with Crippen molar-refractivity contribution in [3.63, 3.8) is 0 Å². The topological polar surface area (TPSA) is 24.9 Å². The van der Waals surface area contributed by atoms with Gasteiger partial charge in [0.25, 0.3) is 0 Å². The van der Waals surface area contributed by atoms with Crippen molar-refractivity contribution in [2.75, 3.05) is 12.4 Å². The maximum absolute atomic E-state index is 5.31. The lowest BCUT2D eigenvalue weighted by molar-refractivity contribution is 1.41. The van der Waals surface area contributed by atoms with Gasteiger partial charge in [0.05, 0.1) is 0 Å². The van der Waals surface area contributed by atoms with Crippen molar-refractivity contribution < 1.29 is 0 Å². The van der Waals surface area contributed by atoms with Gasteiger partial charge in [-0.05, 0) is 0 Å². The molecule has 0 aliphatic rings. The highest BCUT2D eigenvalue weighted by molar-refractivity contribution is 7.14. The molecule has 40 valence electrons.